The zero-order chi connectivity index (χ0) is 23.1. The van der Waals surface area contributed by atoms with Crippen LogP contribution < -0.4 is 15.4 Å². The van der Waals surface area contributed by atoms with Crippen LogP contribution >= 0.6 is 0 Å². The minimum Gasteiger partial charge on any atom is -0.497 e. The molecule has 3 rings (SSSR count). The number of aromatic nitrogens is 1. The Hall–Kier alpha value is -2.98. The summed E-state index contributed by atoms with van der Waals surface area (Å²) in [6, 6.07) is 10.8. The Morgan fingerprint density at radius 1 is 1.22 bits per heavy atom. The van der Waals surface area contributed by atoms with Crippen LogP contribution in [0.3, 0.4) is 0 Å². The van der Waals surface area contributed by atoms with Crippen LogP contribution in [0.4, 0.5) is 0 Å². The van der Waals surface area contributed by atoms with Crippen molar-refractivity contribution in [2.75, 3.05) is 20.2 Å². The minimum absolute atomic E-state index is 0.0719. The fraction of sp³-hybridized carbons (Fsp3) is 0.409. The van der Waals surface area contributed by atoms with Crippen molar-refractivity contribution in [3.05, 3.63) is 54.4 Å². The second-order valence-electron chi connectivity index (χ2n) is 7.65. The molecule has 1 aliphatic heterocycles. The molecule has 0 unspecified atom stereocenters. The normalized spacial score (nSPS) is 17.9. The number of carbonyl (C=O) groups is 2. The molecule has 9 nitrogen and oxygen atoms in total. The van der Waals surface area contributed by atoms with Gasteiger partial charge in [-0.15, -0.1) is 0 Å². The van der Waals surface area contributed by atoms with E-state index in [2.05, 4.69) is 15.6 Å². The average Bonchev–Trinajstić information content (AvgIpc) is 2.83. The predicted molar refractivity (Wildman–Crippen MR) is 118 cm³/mol. The molecule has 1 saturated heterocycles. The number of sulfonamides is 1. The second kappa shape index (κ2) is 10.6. The number of nitrogens with one attached hydrogen (secondary N) is 2. The van der Waals surface area contributed by atoms with Gasteiger partial charge in [0.1, 0.15) is 11.8 Å². The first kappa shape index (κ1) is 23.7. The molecule has 0 spiro atoms. The molecule has 2 heterocycles. The van der Waals surface area contributed by atoms with E-state index in [-0.39, 0.29) is 29.8 Å². The van der Waals surface area contributed by atoms with E-state index >= 15 is 0 Å². The van der Waals surface area contributed by atoms with Crippen LogP contribution in [-0.4, -0.2) is 55.8 Å². The number of pyridine rings is 1. The number of piperidine rings is 1. The van der Waals surface area contributed by atoms with Gasteiger partial charge in [-0.2, -0.15) is 4.31 Å². The summed E-state index contributed by atoms with van der Waals surface area (Å²) in [6.45, 7) is 2.28. The maximum Gasteiger partial charge on any atom is 0.243 e. The third-order valence-corrected chi connectivity index (χ3v) is 7.25. The third kappa shape index (κ3) is 5.83. The summed E-state index contributed by atoms with van der Waals surface area (Å²) in [5.41, 5.74) is 0.714. The van der Waals surface area contributed by atoms with E-state index in [0.717, 1.165) is 0 Å². The number of methoxy groups -OCH3 is 1. The van der Waals surface area contributed by atoms with Crippen molar-refractivity contribution < 1.29 is 22.7 Å². The van der Waals surface area contributed by atoms with Gasteiger partial charge < -0.3 is 15.4 Å². The molecular weight excluding hydrogens is 432 g/mol. The summed E-state index contributed by atoms with van der Waals surface area (Å²) in [5.74, 6) is -0.624. The Balaban J connectivity index is 1.56. The molecule has 1 aromatic heterocycles. The number of hydrogen-bond donors (Lipinski definition) is 2. The highest BCUT2D eigenvalue weighted by molar-refractivity contribution is 7.89. The highest BCUT2D eigenvalue weighted by atomic mass is 32.2. The lowest BCUT2D eigenvalue weighted by Crippen LogP contribution is -2.50. The maximum absolute atomic E-state index is 13.0. The third-order valence-electron chi connectivity index (χ3n) is 5.37. The largest absolute Gasteiger partial charge is 0.497 e. The molecule has 2 N–H and O–H groups in total. The van der Waals surface area contributed by atoms with Crippen molar-refractivity contribution in [2.24, 2.45) is 5.92 Å². The van der Waals surface area contributed by atoms with Gasteiger partial charge in [0, 0.05) is 19.3 Å². The number of nitrogens with zero attached hydrogens (tertiary/aromatic N) is 2. The standard InChI is InChI=1S/C22H28N4O5S/c1-16(21(27)24-14-18-7-3-4-12-23-18)25-22(28)17-6-5-13-26(15-17)32(29,30)20-10-8-19(31-2)9-11-20/h3-4,7-12,16-17H,5-6,13-15H2,1-2H3,(H,24,27)(H,25,28)/t16-,17-/m1/s1. The molecule has 2 atom stereocenters. The van der Waals surface area contributed by atoms with Crippen molar-refractivity contribution >= 4 is 21.8 Å². The number of benzene rings is 1. The number of ether oxygens (including phenoxy) is 1. The van der Waals surface area contributed by atoms with Crippen LogP contribution in [0.1, 0.15) is 25.5 Å². The predicted octanol–water partition coefficient (Wildman–Crippen LogP) is 1.31. The summed E-state index contributed by atoms with van der Waals surface area (Å²) in [5, 5.41) is 5.44. The fourth-order valence-electron chi connectivity index (χ4n) is 3.50. The van der Waals surface area contributed by atoms with E-state index in [1.165, 1.54) is 23.5 Å². The van der Waals surface area contributed by atoms with Gasteiger partial charge in [-0.25, -0.2) is 8.42 Å². The smallest absolute Gasteiger partial charge is 0.243 e. The summed E-state index contributed by atoms with van der Waals surface area (Å²) in [4.78, 5) is 29.4. The summed E-state index contributed by atoms with van der Waals surface area (Å²) in [7, 11) is -2.21. The first-order valence-electron chi connectivity index (χ1n) is 10.4. The van der Waals surface area contributed by atoms with Gasteiger partial charge in [-0.05, 0) is 56.2 Å². The zero-order valence-electron chi connectivity index (χ0n) is 18.2. The molecule has 0 radical (unpaired) electrons. The van der Waals surface area contributed by atoms with Gasteiger partial charge in [0.25, 0.3) is 0 Å². The Kier molecular flexibility index (Phi) is 7.81. The van der Waals surface area contributed by atoms with E-state index in [0.29, 0.717) is 30.8 Å². The number of amides is 2. The molecule has 1 aromatic carbocycles. The lowest BCUT2D eigenvalue weighted by molar-refractivity contribution is -0.131. The zero-order valence-corrected chi connectivity index (χ0v) is 19.0. The summed E-state index contributed by atoms with van der Waals surface area (Å²) < 4.78 is 32.4. The molecule has 172 valence electrons. The number of rotatable bonds is 8. The Bertz CT molecular complexity index is 1030. The highest BCUT2D eigenvalue weighted by Crippen LogP contribution is 2.25. The van der Waals surface area contributed by atoms with Gasteiger partial charge in [0.2, 0.25) is 21.8 Å². The molecule has 1 aliphatic rings. The van der Waals surface area contributed by atoms with E-state index in [4.69, 9.17) is 4.74 Å². The van der Waals surface area contributed by atoms with E-state index < -0.39 is 22.0 Å². The van der Waals surface area contributed by atoms with Crippen LogP contribution in [-0.2, 0) is 26.2 Å². The van der Waals surface area contributed by atoms with Gasteiger partial charge in [0.15, 0.2) is 0 Å². The van der Waals surface area contributed by atoms with Crippen molar-refractivity contribution in [1.82, 2.24) is 19.9 Å². The molecule has 0 aliphatic carbocycles. The second-order valence-corrected chi connectivity index (χ2v) is 9.58. The van der Waals surface area contributed by atoms with Crippen LogP contribution in [0.15, 0.2) is 53.6 Å². The monoisotopic (exact) mass is 460 g/mol. The van der Waals surface area contributed by atoms with E-state index in [1.54, 1.807) is 37.4 Å². The lowest BCUT2D eigenvalue weighted by atomic mass is 9.98. The van der Waals surface area contributed by atoms with Crippen molar-refractivity contribution in [3.8, 4) is 5.75 Å². The maximum atomic E-state index is 13.0. The van der Waals surface area contributed by atoms with Crippen molar-refractivity contribution in [3.63, 3.8) is 0 Å². The van der Waals surface area contributed by atoms with Gasteiger partial charge in [-0.1, -0.05) is 6.07 Å². The van der Waals surface area contributed by atoms with Crippen LogP contribution in [0, 0.1) is 5.92 Å². The Morgan fingerprint density at radius 3 is 2.62 bits per heavy atom. The first-order valence-corrected chi connectivity index (χ1v) is 11.9. The molecule has 32 heavy (non-hydrogen) atoms. The molecule has 2 amide bonds. The summed E-state index contributed by atoms with van der Waals surface area (Å²) >= 11 is 0. The number of hydrogen-bond acceptors (Lipinski definition) is 6. The molecule has 1 fully saturated rings. The Labute approximate surface area is 188 Å². The van der Waals surface area contributed by atoms with Crippen molar-refractivity contribution in [2.45, 2.75) is 37.2 Å². The Morgan fingerprint density at radius 2 is 1.97 bits per heavy atom. The molecule has 2 aromatic rings. The molecule has 0 bridgehead atoms. The SMILES string of the molecule is COc1ccc(S(=O)(=O)N2CCC[C@@H](C(=O)N[C@H](C)C(=O)NCc3ccccn3)C2)cc1. The topological polar surface area (TPSA) is 118 Å². The molecule has 0 saturated carbocycles. The molecular formula is C22H28N4O5S. The minimum atomic E-state index is -3.73. The van der Waals surface area contributed by atoms with Crippen LogP contribution in [0.25, 0.3) is 0 Å². The average molecular weight is 461 g/mol. The lowest BCUT2D eigenvalue weighted by Gasteiger charge is -2.31. The number of carbonyl (C=O) groups excluding carboxylic acids is 2. The summed E-state index contributed by atoms with van der Waals surface area (Å²) in [6.07, 6.45) is 2.76. The quantitative estimate of drug-likeness (QED) is 0.613. The van der Waals surface area contributed by atoms with E-state index in [9.17, 15) is 18.0 Å². The van der Waals surface area contributed by atoms with E-state index in [1.807, 2.05) is 6.07 Å². The fourth-order valence-corrected chi connectivity index (χ4v) is 5.03. The van der Waals surface area contributed by atoms with Gasteiger partial charge in [0.05, 0.1) is 30.2 Å². The van der Waals surface area contributed by atoms with Gasteiger partial charge >= 0.3 is 0 Å². The first-order chi connectivity index (χ1) is 15.3. The van der Waals surface area contributed by atoms with Crippen LogP contribution in [0.2, 0.25) is 0 Å². The van der Waals surface area contributed by atoms with Crippen LogP contribution in [0.5, 0.6) is 5.75 Å². The highest BCUT2D eigenvalue weighted by Gasteiger charge is 2.34. The van der Waals surface area contributed by atoms with Crippen molar-refractivity contribution in [1.29, 1.82) is 0 Å². The van der Waals surface area contributed by atoms with Gasteiger partial charge in [-0.3, -0.25) is 14.6 Å². The molecule has 10 heteroatoms.